The molecule has 0 aliphatic carbocycles. The van der Waals surface area contributed by atoms with Gasteiger partial charge in [0.25, 0.3) is 0 Å². The molecule has 0 radical (unpaired) electrons. The lowest BCUT2D eigenvalue weighted by Crippen LogP contribution is -2.31. The van der Waals surface area contributed by atoms with Crippen LogP contribution in [0.15, 0.2) is 18.2 Å². The predicted octanol–water partition coefficient (Wildman–Crippen LogP) is 2.63. The standard InChI is InChI=1S/C14H21N3O/c1-3-7-17(8-4-2)16-12-5-6-13-11(9-12)10-14(18)15-13/h5-6,9,16H,3-4,7-8,10H2,1-2H3,(H,15,18). The zero-order valence-electron chi connectivity index (χ0n) is 11.1. The number of carbonyl (C=O) groups is 1. The van der Waals surface area contributed by atoms with Crippen molar-refractivity contribution in [2.24, 2.45) is 0 Å². The van der Waals surface area contributed by atoms with E-state index in [1.54, 1.807) is 0 Å². The Kier molecular flexibility index (Phi) is 4.20. The Morgan fingerprint density at radius 3 is 2.67 bits per heavy atom. The molecule has 1 aliphatic rings. The molecule has 18 heavy (non-hydrogen) atoms. The highest BCUT2D eigenvalue weighted by molar-refractivity contribution is 5.99. The molecule has 2 rings (SSSR count). The lowest BCUT2D eigenvalue weighted by Gasteiger charge is -2.23. The number of hydrazine groups is 1. The lowest BCUT2D eigenvalue weighted by atomic mass is 10.1. The first kappa shape index (κ1) is 12.9. The lowest BCUT2D eigenvalue weighted by molar-refractivity contribution is -0.115. The van der Waals surface area contributed by atoms with Gasteiger partial charge >= 0.3 is 0 Å². The van der Waals surface area contributed by atoms with E-state index in [1.807, 2.05) is 12.1 Å². The second-order valence-corrected chi connectivity index (χ2v) is 4.70. The quantitative estimate of drug-likeness (QED) is 0.760. The highest BCUT2D eigenvalue weighted by atomic mass is 16.1. The SMILES string of the molecule is CCCN(CCC)Nc1ccc2c(c1)CC(=O)N2. The van der Waals surface area contributed by atoms with E-state index in [2.05, 4.69) is 35.7 Å². The first-order chi connectivity index (χ1) is 8.72. The van der Waals surface area contributed by atoms with Gasteiger partial charge in [0.15, 0.2) is 0 Å². The molecule has 0 saturated carbocycles. The summed E-state index contributed by atoms with van der Waals surface area (Å²) in [5, 5.41) is 5.08. The molecule has 1 aromatic rings. The highest BCUT2D eigenvalue weighted by Crippen LogP contribution is 2.26. The third-order valence-electron chi connectivity index (χ3n) is 3.00. The van der Waals surface area contributed by atoms with E-state index in [1.165, 1.54) is 0 Å². The summed E-state index contributed by atoms with van der Waals surface area (Å²) in [7, 11) is 0. The van der Waals surface area contributed by atoms with Crippen LogP contribution in [0.1, 0.15) is 32.3 Å². The van der Waals surface area contributed by atoms with Gasteiger partial charge in [0.2, 0.25) is 5.91 Å². The van der Waals surface area contributed by atoms with Gasteiger partial charge in [0.1, 0.15) is 0 Å². The number of amides is 1. The van der Waals surface area contributed by atoms with E-state index in [0.717, 1.165) is 42.9 Å². The van der Waals surface area contributed by atoms with Gasteiger partial charge in [-0.2, -0.15) is 0 Å². The molecule has 98 valence electrons. The summed E-state index contributed by atoms with van der Waals surface area (Å²) in [6.07, 6.45) is 2.74. The topological polar surface area (TPSA) is 44.4 Å². The van der Waals surface area contributed by atoms with Crippen LogP contribution in [0.3, 0.4) is 0 Å². The smallest absolute Gasteiger partial charge is 0.228 e. The monoisotopic (exact) mass is 247 g/mol. The fourth-order valence-corrected chi connectivity index (χ4v) is 2.24. The van der Waals surface area contributed by atoms with Gasteiger partial charge in [0.05, 0.1) is 6.42 Å². The zero-order valence-corrected chi connectivity index (χ0v) is 11.1. The Morgan fingerprint density at radius 1 is 1.28 bits per heavy atom. The van der Waals surface area contributed by atoms with Gasteiger partial charge < -0.3 is 10.7 Å². The van der Waals surface area contributed by atoms with Crippen LogP contribution in [0.25, 0.3) is 0 Å². The second kappa shape index (κ2) is 5.87. The van der Waals surface area contributed by atoms with Gasteiger partial charge in [-0.15, -0.1) is 0 Å². The Morgan fingerprint density at radius 2 is 2.00 bits per heavy atom. The average molecular weight is 247 g/mol. The molecule has 0 bridgehead atoms. The van der Waals surface area contributed by atoms with Crippen LogP contribution in [0.4, 0.5) is 11.4 Å². The maximum Gasteiger partial charge on any atom is 0.228 e. The number of carbonyl (C=O) groups excluding carboxylic acids is 1. The Bertz CT molecular complexity index is 425. The average Bonchev–Trinajstić information content (AvgIpc) is 2.69. The van der Waals surface area contributed by atoms with Crippen LogP contribution < -0.4 is 10.7 Å². The molecule has 1 amide bonds. The summed E-state index contributed by atoms with van der Waals surface area (Å²) in [5.74, 6) is 0.0844. The molecular weight excluding hydrogens is 226 g/mol. The number of nitrogens with one attached hydrogen (secondary N) is 2. The zero-order chi connectivity index (χ0) is 13.0. The van der Waals surface area contributed by atoms with Crippen molar-refractivity contribution in [2.45, 2.75) is 33.1 Å². The van der Waals surface area contributed by atoms with Crippen LogP contribution in [-0.2, 0) is 11.2 Å². The minimum absolute atomic E-state index is 0.0844. The third-order valence-corrected chi connectivity index (χ3v) is 3.00. The van der Waals surface area contributed by atoms with Gasteiger partial charge in [-0.25, -0.2) is 5.01 Å². The molecule has 4 heteroatoms. The molecule has 0 atom stereocenters. The fraction of sp³-hybridized carbons (Fsp3) is 0.500. The first-order valence-corrected chi connectivity index (χ1v) is 6.67. The minimum atomic E-state index is 0.0844. The third kappa shape index (κ3) is 3.01. The number of hydrogen-bond donors (Lipinski definition) is 2. The molecule has 0 spiro atoms. The fourth-order valence-electron chi connectivity index (χ4n) is 2.24. The van der Waals surface area contributed by atoms with Gasteiger partial charge in [-0.3, -0.25) is 4.79 Å². The molecule has 0 aromatic heterocycles. The van der Waals surface area contributed by atoms with Crippen molar-refractivity contribution < 1.29 is 4.79 Å². The van der Waals surface area contributed by atoms with Gasteiger partial charge in [0, 0.05) is 24.5 Å². The molecule has 0 fully saturated rings. The maximum atomic E-state index is 11.3. The molecule has 0 saturated heterocycles. The van der Waals surface area contributed by atoms with Crippen molar-refractivity contribution in [2.75, 3.05) is 23.8 Å². The maximum absolute atomic E-state index is 11.3. The van der Waals surface area contributed by atoms with E-state index in [9.17, 15) is 4.79 Å². The number of anilines is 2. The molecule has 1 heterocycles. The summed E-state index contributed by atoms with van der Waals surface area (Å²) in [4.78, 5) is 11.3. The summed E-state index contributed by atoms with van der Waals surface area (Å²) >= 11 is 0. The Balaban J connectivity index is 2.05. The molecule has 1 aliphatic heterocycles. The number of nitrogens with zero attached hydrogens (tertiary/aromatic N) is 1. The molecule has 0 unspecified atom stereocenters. The summed E-state index contributed by atoms with van der Waals surface area (Å²) < 4.78 is 0. The van der Waals surface area contributed by atoms with E-state index >= 15 is 0 Å². The molecule has 1 aromatic carbocycles. The predicted molar refractivity (Wildman–Crippen MR) is 74.6 cm³/mol. The number of fused-ring (bicyclic) bond motifs is 1. The van der Waals surface area contributed by atoms with Crippen LogP contribution in [0, 0.1) is 0 Å². The number of rotatable bonds is 6. The van der Waals surface area contributed by atoms with E-state index in [4.69, 9.17) is 0 Å². The Hall–Kier alpha value is -1.55. The van der Waals surface area contributed by atoms with Crippen LogP contribution >= 0.6 is 0 Å². The normalized spacial score (nSPS) is 13.6. The van der Waals surface area contributed by atoms with Crippen molar-refractivity contribution in [3.63, 3.8) is 0 Å². The summed E-state index contributed by atoms with van der Waals surface area (Å²) in [5.41, 5.74) is 6.51. The molecular formula is C14H21N3O. The summed E-state index contributed by atoms with van der Waals surface area (Å²) in [6, 6.07) is 6.05. The molecule has 4 nitrogen and oxygen atoms in total. The van der Waals surface area contributed by atoms with Gasteiger partial charge in [-0.05, 0) is 36.6 Å². The highest BCUT2D eigenvalue weighted by Gasteiger charge is 2.17. The Labute approximate surface area is 108 Å². The van der Waals surface area contributed by atoms with Crippen molar-refractivity contribution in [1.82, 2.24) is 5.01 Å². The van der Waals surface area contributed by atoms with Crippen LogP contribution in [0.5, 0.6) is 0 Å². The van der Waals surface area contributed by atoms with Crippen molar-refractivity contribution >= 4 is 17.3 Å². The number of benzene rings is 1. The largest absolute Gasteiger partial charge is 0.326 e. The minimum Gasteiger partial charge on any atom is -0.326 e. The van der Waals surface area contributed by atoms with E-state index < -0.39 is 0 Å². The van der Waals surface area contributed by atoms with E-state index in [0.29, 0.717) is 6.42 Å². The van der Waals surface area contributed by atoms with Crippen molar-refractivity contribution in [1.29, 1.82) is 0 Å². The van der Waals surface area contributed by atoms with Crippen molar-refractivity contribution in [3.05, 3.63) is 23.8 Å². The van der Waals surface area contributed by atoms with Crippen LogP contribution in [0.2, 0.25) is 0 Å². The molecule has 2 N–H and O–H groups in total. The van der Waals surface area contributed by atoms with Crippen molar-refractivity contribution in [3.8, 4) is 0 Å². The summed E-state index contributed by atoms with van der Waals surface area (Å²) in [6.45, 7) is 6.41. The van der Waals surface area contributed by atoms with E-state index in [-0.39, 0.29) is 5.91 Å². The first-order valence-electron chi connectivity index (χ1n) is 6.67. The van der Waals surface area contributed by atoms with Crippen LogP contribution in [-0.4, -0.2) is 24.0 Å². The number of hydrogen-bond acceptors (Lipinski definition) is 3. The van der Waals surface area contributed by atoms with Gasteiger partial charge in [-0.1, -0.05) is 13.8 Å². The second-order valence-electron chi connectivity index (χ2n) is 4.70.